The number of hydrogen-bond acceptors (Lipinski definition) is 3. The minimum atomic E-state index is -1.17. The van der Waals surface area contributed by atoms with Crippen molar-refractivity contribution < 1.29 is 14.7 Å². The molecule has 0 saturated heterocycles. The molecule has 6 nitrogen and oxygen atoms in total. The molecule has 0 fully saturated rings. The van der Waals surface area contributed by atoms with Crippen LogP contribution in [0.3, 0.4) is 0 Å². The maximum absolute atomic E-state index is 12.6. The van der Waals surface area contributed by atoms with E-state index >= 15 is 0 Å². The summed E-state index contributed by atoms with van der Waals surface area (Å²) in [7, 11) is 0. The fourth-order valence-electron chi connectivity index (χ4n) is 3.19. The quantitative estimate of drug-likeness (QED) is 0.449. The zero-order chi connectivity index (χ0) is 21.8. The van der Waals surface area contributed by atoms with Gasteiger partial charge in [0.1, 0.15) is 11.6 Å². The summed E-state index contributed by atoms with van der Waals surface area (Å²) in [6.45, 7) is 3.81. The molecule has 150 valence electrons. The molecule has 30 heavy (non-hydrogen) atoms. The lowest BCUT2D eigenvalue weighted by Gasteiger charge is -2.10. The fraction of sp³-hybridized carbons (Fsp3) is 0.0870. The Kier molecular flexibility index (Phi) is 6.05. The Morgan fingerprint density at radius 3 is 2.43 bits per heavy atom. The van der Waals surface area contributed by atoms with Gasteiger partial charge in [0.25, 0.3) is 5.91 Å². The first-order valence-electron chi connectivity index (χ1n) is 9.02. The van der Waals surface area contributed by atoms with E-state index < -0.39 is 11.9 Å². The van der Waals surface area contributed by atoms with Crippen LogP contribution in [0.25, 0.3) is 11.8 Å². The summed E-state index contributed by atoms with van der Waals surface area (Å²) < 4.78 is 1.99. The largest absolute Gasteiger partial charge is 0.478 e. The number of carboxylic acid groups (broad SMARTS) is 1. The Hall–Kier alpha value is -3.82. The lowest BCUT2D eigenvalue weighted by atomic mass is 10.1. The molecule has 0 aliphatic heterocycles. The van der Waals surface area contributed by atoms with Crippen molar-refractivity contribution in [1.29, 1.82) is 5.26 Å². The second-order valence-electron chi connectivity index (χ2n) is 6.61. The Bertz CT molecular complexity index is 1200. The van der Waals surface area contributed by atoms with Crippen molar-refractivity contribution in [3.8, 4) is 11.8 Å². The molecular formula is C23H18ClN3O3. The van der Waals surface area contributed by atoms with Gasteiger partial charge in [0, 0.05) is 22.1 Å². The van der Waals surface area contributed by atoms with Crippen LogP contribution in [0.2, 0.25) is 5.02 Å². The number of carbonyl (C=O) groups excluding carboxylic acids is 1. The van der Waals surface area contributed by atoms with Crippen molar-refractivity contribution in [2.75, 3.05) is 5.32 Å². The van der Waals surface area contributed by atoms with Crippen molar-refractivity contribution in [2.45, 2.75) is 13.8 Å². The Morgan fingerprint density at radius 2 is 1.80 bits per heavy atom. The summed E-state index contributed by atoms with van der Waals surface area (Å²) in [5.41, 5.74) is 3.34. The number of nitrogens with zero attached hydrogens (tertiary/aromatic N) is 2. The Morgan fingerprint density at radius 1 is 1.13 bits per heavy atom. The molecule has 2 aromatic carbocycles. The second-order valence-corrected chi connectivity index (χ2v) is 7.05. The van der Waals surface area contributed by atoms with E-state index in [4.69, 9.17) is 11.6 Å². The van der Waals surface area contributed by atoms with Gasteiger partial charge in [-0.2, -0.15) is 5.26 Å². The molecule has 0 atom stereocenters. The van der Waals surface area contributed by atoms with Gasteiger partial charge in [-0.1, -0.05) is 23.7 Å². The monoisotopic (exact) mass is 419 g/mol. The topological polar surface area (TPSA) is 95.1 Å². The lowest BCUT2D eigenvalue weighted by Crippen LogP contribution is -2.16. The van der Waals surface area contributed by atoms with Crippen molar-refractivity contribution in [2.24, 2.45) is 0 Å². The van der Waals surface area contributed by atoms with Crippen LogP contribution in [0.5, 0.6) is 0 Å². The number of rotatable bonds is 5. The van der Waals surface area contributed by atoms with Gasteiger partial charge >= 0.3 is 5.97 Å². The Labute approximate surface area is 178 Å². The predicted molar refractivity (Wildman–Crippen MR) is 116 cm³/mol. The molecule has 1 amide bonds. The standard InChI is InChI=1S/C23H18ClN3O3/c1-14-11-16(15(2)27(14)19-9-7-18(24)8-10-19)12-17(13-25)22(28)26-21-6-4-3-5-20(21)23(29)30/h3-12H,1-2H3,(H,26,28)(H,29,30)/b17-12+. The molecule has 1 aromatic heterocycles. The first-order chi connectivity index (χ1) is 14.3. The van der Waals surface area contributed by atoms with E-state index in [0.717, 1.165) is 17.1 Å². The van der Waals surface area contributed by atoms with Gasteiger partial charge in [0.15, 0.2) is 0 Å². The number of para-hydroxylation sites is 1. The van der Waals surface area contributed by atoms with Crippen LogP contribution in [-0.4, -0.2) is 21.6 Å². The molecule has 3 rings (SSSR count). The molecule has 1 heterocycles. The maximum atomic E-state index is 12.6. The van der Waals surface area contributed by atoms with Gasteiger partial charge in [-0.25, -0.2) is 4.79 Å². The molecule has 0 aliphatic rings. The van der Waals surface area contributed by atoms with Gasteiger partial charge in [0.05, 0.1) is 11.3 Å². The van der Waals surface area contributed by atoms with Gasteiger partial charge in [-0.3, -0.25) is 4.79 Å². The summed E-state index contributed by atoms with van der Waals surface area (Å²) in [4.78, 5) is 23.9. The normalized spacial score (nSPS) is 11.1. The smallest absolute Gasteiger partial charge is 0.337 e. The van der Waals surface area contributed by atoms with Crippen molar-refractivity contribution in [3.63, 3.8) is 0 Å². The number of nitrogens with one attached hydrogen (secondary N) is 1. The molecule has 0 bridgehead atoms. The number of carboxylic acids is 1. The summed E-state index contributed by atoms with van der Waals surface area (Å²) in [5, 5.41) is 21.9. The van der Waals surface area contributed by atoms with E-state index in [-0.39, 0.29) is 16.8 Å². The number of nitriles is 1. The van der Waals surface area contributed by atoms with E-state index in [0.29, 0.717) is 10.6 Å². The van der Waals surface area contributed by atoms with Gasteiger partial charge in [-0.05, 0) is 68.0 Å². The predicted octanol–water partition coefficient (Wildman–Crippen LogP) is 4.99. The number of amides is 1. The highest BCUT2D eigenvalue weighted by molar-refractivity contribution is 6.30. The SMILES string of the molecule is Cc1cc(/C=C(\C#N)C(=O)Nc2ccccc2C(=O)O)c(C)n1-c1ccc(Cl)cc1. The Balaban J connectivity index is 1.95. The molecule has 0 radical (unpaired) electrons. The van der Waals surface area contributed by atoms with Crippen molar-refractivity contribution in [1.82, 2.24) is 4.57 Å². The number of aromatic carboxylic acids is 1. The number of aryl methyl sites for hydroxylation is 1. The molecule has 3 aromatic rings. The third kappa shape index (κ3) is 4.27. The minimum Gasteiger partial charge on any atom is -0.478 e. The van der Waals surface area contributed by atoms with E-state index in [1.807, 2.05) is 42.7 Å². The van der Waals surface area contributed by atoms with Crippen LogP contribution >= 0.6 is 11.6 Å². The third-order valence-electron chi connectivity index (χ3n) is 4.63. The van der Waals surface area contributed by atoms with Crippen LogP contribution in [-0.2, 0) is 4.79 Å². The third-order valence-corrected chi connectivity index (χ3v) is 4.88. The van der Waals surface area contributed by atoms with Crippen molar-refractivity contribution >= 4 is 35.2 Å². The lowest BCUT2D eigenvalue weighted by molar-refractivity contribution is -0.112. The number of halogens is 1. The van der Waals surface area contributed by atoms with Crippen LogP contribution < -0.4 is 5.32 Å². The number of aromatic nitrogens is 1. The molecule has 7 heteroatoms. The number of benzene rings is 2. The summed E-state index contributed by atoms with van der Waals surface area (Å²) in [6.07, 6.45) is 1.49. The first-order valence-corrected chi connectivity index (χ1v) is 9.40. The van der Waals surface area contributed by atoms with E-state index in [1.165, 1.54) is 18.2 Å². The molecule has 0 aliphatic carbocycles. The first kappa shape index (κ1) is 20.9. The van der Waals surface area contributed by atoms with Gasteiger partial charge < -0.3 is 15.0 Å². The van der Waals surface area contributed by atoms with Gasteiger partial charge in [-0.15, -0.1) is 0 Å². The molecular weight excluding hydrogens is 402 g/mol. The van der Waals surface area contributed by atoms with E-state index in [1.54, 1.807) is 24.3 Å². The maximum Gasteiger partial charge on any atom is 0.337 e. The fourth-order valence-corrected chi connectivity index (χ4v) is 3.32. The average Bonchev–Trinajstić information content (AvgIpc) is 3.00. The summed E-state index contributed by atoms with van der Waals surface area (Å²) in [5.74, 6) is -1.85. The molecule has 0 unspecified atom stereocenters. The highest BCUT2D eigenvalue weighted by Crippen LogP contribution is 2.24. The zero-order valence-electron chi connectivity index (χ0n) is 16.3. The highest BCUT2D eigenvalue weighted by Gasteiger charge is 2.16. The zero-order valence-corrected chi connectivity index (χ0v) is 17.1. The minimum absolute atomic E-state index is 0.0518. The molecule has 0 spiro atoms. The number of anilines is 1. The summed E-state index contributed by atoms with van der Waals surface area (Å²) in [6, 6.07) is 17.2. The average molecular weight is 420 g/mol. The number of hydrogen-bond donors (Lipinski definition) is 2. The van der Waals surface area contributed by atoms with Crippen LogP contribution in [0.4, 0.5) is 5.69 Å². The van der Waals surface area contributed by atoms with E-state index in [2.05, 4.69) is 5.32 Å². The van der Waals surface area contributed by atoms with E-state index in [9.17, 15) is 20.0 Å². The molecule has 2 N–H and O–H groups in total. The van der Waals surface area contributed by atoms with Crippen LogP contribution in [0.15, 0.2) is 60.2 Å². The van der Waals surface area contributed by atoms with Crippen LogP contribution in [0, 0.1) is 25.2 Å². The second kappa shape index (κ2) is 8.68. The molecule has 0 saturated carbocycles. The van der Waals surface area contributed by atoms with Crippen LogP contribution in [0.1, 0.15) is 27.3 Å². The summed E-state index contributed by atoms with van der Waals surface area (Å²) >= 11 is 5.97. The van der Waals surface area contributed by atoms with Crippen molar-refractivity contribution in [3.05, 3.63) is 87.7 Å². The van der Waals surface area contributed by atoms with Gasteiger partial charge in [0.2, 0.25) is 0 Å². The number of carbonyl (C=O) groups is 2. The highest BCUT2D eigenvalue weighted by atomic mass is 35.5.